The number of hydrogen-bond donors (Lipinski definition) is 2. The highest BCUT2D eigenvalue weighted by Crippen LogP contribution is 2.28. The summed E-state index contributed by atoms with van der Waals surface area (Å²) >= 11 is 0. The minimum Gasteiger partial charge on any atom is -0.328 e. The van der Waals surface area contributed by atoms with E-state index in [0.29, 0.717) is 5.92 Å². The second kappa shape index (κ2) is 5.53. The van der Waals surface area contributed by atoms with Crippen molar-refractivity contribution in [3.05, 3.63) is 29.8 Å². The number of nitrogens with one attached hydrogen (secondary N) is 1. The van der Waals surface area contributed by atoms with Gasteiger partial charge in [-0.25, -0.2) is 0 Å². The van der Waals surface area contributed by atoms with E-state index in [1.165, 1.54) is 5.56 Å². The van der Waals surface area contributed by atoms with Crippen LogP contribution in [0.5, 0.6) is 0 Å². The topological polar surface area (TPSA) is 55.1 Å². The van der Waals surface area contributed by atoms with Crippen molar-refractivity contribution in [1.29, 1.82) is 0 Å². The zero-order valence-electron chi connectivity index (χ0n) is 11.1. The van der Waals surface area contributed by atoms with Gasteiger partial charge >= 0.3 is 0 Å². The van der Waals surface area contributed by atoms with Gasteiger partial charge in [0.05, 0.1) is 0 Å². The molecule has 0 radical (unpaired) electrons. The number of hydrogen-bond acceptors (Lipinski definition) is 2. The quantitative estimate of drug-likeness (QED) is 0.861. The predicted octanol–water partition coefficient (Wildman–Crippen LogP) is 2.88. The van der Waals surface area contributed by atoms with Crippen molar-refractivity contribution in [2.45, 2.75) is 45.1 Å². The van der Waals surface area contributed by atoms with E-state index in [0.717, 1.165) is 24.9 Å². The van der Waals surface area contributed by atoms with Crippen LogP contribution in [0.4, 0.5) is 5.69 Å². The molecule has 2 unspecified atom stereocenters. The van der Waals surface area contributed by atoms with Crippen LogP contribution in [0.3, 0.4) is 0 Å². The van der Waals surface area contributed by atoms with Gasteiger partial charge in [-0.3, -0.25) is 4.79 Å². The molecule has 2 atom stereocenters. The lowest BCUT2D eigenvalue weighted by Crippen LogP contribution is -2.23. The van der Waals surface area contributed by atoms with Gasteiger partial charge in [-0.1, -0.05) is 32.0 Å². The number of amides is 1. The molecule has 3 N–H and O–H groups in total. The van der Waals surface area contributed by atoms with E-state index in [1.807, 2.05) is 18.2 Å². The highest BCUT2D eigenvalue weighted by atomic mass is 16.1. The Morgan fingerprint density at radius 2 is 2.06 bits per heavy atom. The molecular weight excluding hydrogens is 224 g/mol. The van der Waals surface area contributed by atoms with Crippen molar-refractivity contribution < 1.29 is 4.79 Å². The number of nitrogens with two attached hydrogens (primary N) is 1. The smallest absolute Gasteiger partial charge is 0.227 e. The van der Waals surface area contributed by atoms with Crippen LogP contribution in [0.2, 0.25) is 0 Å². The van der Waals surface area contributed by atoms with Crippen molar-refractivity contribution in [3.8, 4) is 0 Å². The minimum absolute atomic E-state index is 0.0835. The van der Waals surface area contributed by atoms with Crippen LogP contribution in [0.25, 0.3) is 0 Å². The first-order valence-corrected chi connectivity index (χ1v) is 6.73. The molecule has 3 heteroatoms. The number of rotatable bonds is 3. The molecule has 2 rings (SSSR count). The summed E-state index contributed by atoms with van der Waals surface area (Å²) in [6.07, 6.45) is 2.69. The third kappa shape index (κ3) is 2.91. The maximum Gasteiger partial charge on any atom is 0.227 e. The SMILES string of the molecule is CC(C)c1ccccc1NC(=O)C1CCC(N)C1. The molecule has 0 aliphatic heterocycles. The third-order valence-electron chi connectivity index (χ3n) is 3.68. The fourth-order valence-corrected chi connectivity index (χ4v) is 2.60. The standard InChI is InChI=1S/C15H22N2O/c1-10(2)13-5-3-4-6-14(13)17-15(18)11-7-8-12(16)9-11/h3-6,10-12H,7-9,16H2,1-2H3,(H,17,18). The number of anilines is 1. The molecule has 1 fully saturated rings. The number of carbonyl (C=O) groups is 1. The number of benzene rings is 1. The Morgan fingerprint density at radius 1 is 1.33 bits per heavy atom. The van der Waals surface area contributed by atoms with E-state index in [4.69, 9.17) is 5.73 Å². The van der Waals surface area contributed by atoms with Gasteiger partial charge in [-0.15, -0.1) is 0 Å². The van der Waals surface area contributed by atoms with Gasteiger partial charge < -0.3 is 11.1 Å². The van der Waals surface area contributed by atoms with E-state index in [2.05, 4.69) is 25.2 Å². The van der Waals surface area contributed by atoms with E-state index in [9.17, 15) is 4.79 Å². The molecule has 98 valence electrons. The molecule has 0 spiro atoms. The summed E-state index contributed by atoms with van der Waals surface area (Å²) in [6.45, 7) is 4.27. The molecule has 3 nitrogen and oxygen atoms in total. The van der Waals surface area contributed by atoms with Crippen LogP contribution in [-0.2, 0) is 4.79 Å². The molecule has 1 aliphatic rings. The zero-order chi connectivity index (χ0) is 13.1. The third-order valence-corrected chi connectivity index (χ3v) is 3.68. The van der Waals surface area contributed by atoms with Crippen LogP contribution in [0.15, 0.2) is 24.3 Å². The molecule has 1 aromatic carbocycles. The second-order valence-corrected chi connectivity index (χ2v) is 5.50. The van der Waals surface area contributed by atoms with Crippen LogP contribution < -0.4 is 11.1 Å². The highest BCUT2D eigenvalue weighted by Gasteiger charge is 2.28. The maximum absolute atomic E-state index is 12.2. The Balaban J connectivity index is 2.07. The van der Waals surface area contributed by atoms with Crippen molar-refractivity contribution in [3.63, 3.8) is 0 Å². The molecule has 18 heavy (non-hydrogen) atoms. The molecule has 1 amide bonds. The van der Waals surface area contributed by atoms with E-state index in [1.54, 1.807) is 0 Å². The summed E-state index contributed by atoms with van der Waals surface area (Å²) < 4.78 is 0. The molecule has 0 bridgehead atoms. The fraction of sp³-hybridized carbons (Fsp3) is 0.533. The molecule has 1 aliphatic carbocycles. The van der Waals surface area contributed by atoms with Crippen LogP contribution in [0, 0.1) is 5.92 Å². The van der Waals surface area contributed by atoms with Crippen LogP contribution in [-0.4, -0.2) is 11.9 Å². The largest absolute Gasteiger partial charge is 0.328 e. The Bertz CT molecular complexity index is 428. The summed E-state index contributed by atoms with van der Waals surface area (Å²) in [5.74, 6) is 0.614. The Labute approximate surface area is 109 Å². The van der Waals surface area contributed by atoms with Crippen molar-refractivity contribution in [2.24, 2.45) is 11.7 Å². The molecule has 0 aromatic heterocycles. The van der Waals surface area contributed by atoms with Crippen molar-refractivity contribution >= 4 is 11.6 Å². The maximum atomic E-state index is 12.2. The van der Waals surface area contributed by atoms with Crippen molar-refractivity contribution in [1.82, 2.24) is 0 Å². The fourth-order valence-electron chi connectivity index (χ4n) is 2.60. The van der Waals surface area contributed by atoms with Crippen LogP contribution >= 0.6 is 0 Å². The summed E-state index contributed by atoms with van der Waals surface area (Å²) in [7, 11) is 0. The number of para-hydroxylation sites is 1. The van der Waals surface area contributed by atoms with Gasteiger partial charge in [0.1, 0.15) is 0 Å². The van der Waals surface area contributed by atoms with E-state index in [-0.39, 0.29) is 17.9 Å². The summed E-state index contributed by atoms with van der Waals surface area (Å²) in [6, 6.07) is 8.21. The van der Waals surface area contributed by atoms with Gasteiger partial charge in [0, 0.05) is 17.6 Å². The Hall–Kier alpha value is -1.35. The summed E-state index contributed by atoms with van der Waals surface area (Å²) in [4.78, 5) is 12.2. The molecular formula is C15H22N2O. The van der Waals surface area contributed by atoms with Crippen molar-refractivity contribution in [2.75, 3.05) is 5.32 Å². The first kappa shape index (κ1) is 13.1. The van der Waals surface area contributed by atoms with Gasteiger partial charge in [0.2, 0.25) is 5.91 Å². The molecule has 1 aromatic rings. The Kier molecular flexibility index (Phi) is 4.02. The zero-order valence-corrected chi connectivity index (χ0v) is 11.1. The lowest BCUT2D eigenvalue weighted by molar-refractivity contribution is -0.119. The summed E-state index contributed by atoms with van der Waals surface area (Å²) in [5.41, 5.74) is 7.99. The van der Waals surface area contributed by atoms with Crippen LogP contribution in [0.1, 0.15) is 44.6 Å². The lowest BCUT2D eigenvalue weighted by atomic mass is 10.0. The molecule has 1 saturated carbocycles. The van der Waals surface area contributed by atoms with E-state index >= 15 is 0 Å². The highest BCUT2D eigenvalue weighted by molar-refractivity contribution is 5.93. The summed E-state index contributed by atoms with van der Waals surface area (Å²) in [5, 5.41) is 3.06. The molecule has 0 heterocycles. The molecule has 0 saturated heterocycles. The lowest BCUT2D eigenvalue weighted by Gasteiger charge is -2.16. The minimum atomic E-state index is 0.0835. The first-order chi connectivity index (χ1) is 8.58. The van der Waals surface area contributed by atoms with E-state index < -0.39 is 0 Å². The van der Waals surface area contributed by atoms with Gasteiger partial charge in [0.15, 0.2) is 0 Å². The van der Waals surface area contributed by atoms with Gasteiger partial charge in [-0.05, 0) is 36.8 Å². The average molecular weight is 246 g/mol. The van der Waals surface area contributed by atoms with Gasteiger partial charge in [-0.2, -0.15) is 0 Å². The normalized spacial score (nSPS) is 23.3. The Morgan fingerprint density at radius 3 is 2.67 bits per heavy atom. The average Bonchev–Trinajstić information content (AvgIpc) is 2.76. The number of carbonyl (C=O) groups excluding carboxylic acids is 1. The van der Waals surface area contributed by atoms with Gasteiger partial charge in [0.25, 0.3) is 0 Å². The predicted molar refractivity (Wildman–Crippen MR) is 74.5 cm³/mol. The monoisotopic (exact) mass is 246 g/mol. The first-order valence-electron chi connectivity index (χ1n) is 6.73. The second-order valence-electron chi connectivity index (χ2n) is 5.50.